The van der Waals surface area contributed by atoms with Crippen LogP contribution in [0.4, 0.5) is 4.39 Å². The van der Waals surface area contributed by atoms with E-state index in [0.29, 0.717) is 5.56 Å². The van der Waals surface area contributed by atoms with Crippen molar-refractivity contribution in [3.63, 3.8) is 0 Å². The standard InChI is InChI=1S/C9H11FN2O2/c10-9-3-1-2-8(6-9)7-14-12-11-4-5-13/h1-4,6,12-13H,5,7H2/b11-4+. The lowest BCUT2D eigenvalue weighted by Gasteiger charge is -2.01. The Morgan fingerprint density at radius 2 is 2.43 bits per heavy atom. The van der Waals surface area contributed by atoms with Crippen molar-refractivity contribution in [1.29, 1.82) is 0 Å². The third-order valence-electron chi connectivity index (χ3n) is 1.42. The Morgan fingerprint density at radius 1 is 1.57 bits per heavy atom. The van der Waals surface area contributed by atoms with Crippen LogP contribution in [0.5, 0.6) is 0 Å². The summed E-state index contributed by atoms with van der Waals surface area (Å²) >= 11 is 0. The number of nitrogens with zero attached hydrogens (tertiary/aromatic N) is 1. The van der Waals surface area contributed by atoms with Crippen molar-refractivity contribution in [1.82, 2.24) is 5.59 Å². The van der Waals surface area contributed by atoms with Gasteiger partial charge in [0.2, 0.25) is 0 Å². The van der Waals surface area contributed by atoms with Gasteiger partial charge < -0.3 is 5.11 Å². The Morgan fingerprint density at radius 3 is 3.14 bits per heavy atom. The van der Waals surface area contributed by atoms with E-state index in [-0.39, 0.29) is 19.0 Å². The number of aliphatic hydroxyl groups excluding tert-OH is 1. The summed E-state index contributed by atoms with van der Waals surface area (Å²) in [6.07, 6.45) is 1.24. The Balaban J connectivity index is 2.28. The molecule has 0 saturated carbocycles. The molecule has 4 nitrogen and oxygen atoms in total. The largest absolute Gasteiger partial charge is 0.391 e. The molecule has 0 aliphatic heterocycles. The minimum Gasteiger partial charge on any atom is -0.391 e. The van der Waals surface area contributed by atoms with Crippen LogP contribution in [0.25, 0.3) is 0 Å². The third-order valence-corrected chi connectivity index (χ3v) is 1.42. The van der Waals surface area contributed by atoms with Crippen molar-refractivity contribution in [2.45, 2.75) is 6.61 Å². The molecule has 1 aromatic carbocycles. The van der Waals surface area contributed by atoms with E-state index >= 15 is 0 Å². The average Bonchev–Trinajstić information content (AvgIpc) is 2.18. The van der Waals surface area contributed by atoms with Crippen molar-refractivity contribution >= 4 is 6.21 Å². The van der Waals surface area contributed by atoms with Crippen LogP contribution in [-0.4, -0.2) is 17.9 Å². The molecule has 0 saturated heterocycles. The molecule has 14 heavy (non-hydrogen) atoms. The van der Waals surface area contributed by atoms with Crippen molar-refractivity contribution in [3.8, 4) is 0 Å². The second kappa shape index (κ2) is 6.06. The van der Waals surface area contributed by atoms with Crippen LogP contribution in [0, 0.1) is 5.82 Å². The van der Waals surface area contributed by atoms with E-state index in [1.165, 1.54) is 18.3 Å². The van der Waals surface area contributed by atoms with Crippen molar-refractivity contribution in [2.24, 2.45) is 5.10 Å². The van der Waals surface area contributed by atoms with E-state index in [1.54, 1.807) is 12.1 Å². The van der Waals surface area contributed by atoms with Crippen LogP contribution >= 0.6 is 0 Å². The molecule has 0 fully saturated rings. The van der Waals surface area contributed by atoms with Gasteiger partial charge in [-0.15, -0.1) is 0 Å². The van der Waals surface area contributed by atoms with Crippen molar-refractivity contribution < 1.29 is 14.3 Å². The van der Waals surface area contributed by atoms with Crippen molar-refractivity contribution in [3.05, 3.63) is 35.6 Å². The van der Waals surface area contributed by atoms with E-state index in [0.717, 1.165) is 0 Å². The molecule has 0 aliphatic carbocycles. The van der Waals surface area contributed by atoms with Gasteiger partial charge in [0.15, 0.2) is 0 Å². The average molecular weight is 198 g/mol. The number of hydrazone groups is 1. The SMILES string of the molecule is OC/C=N/NOCc1cccc(F)c1. The summed E-state index contributed by atoms with van der Waals surface area (Å²) in [4.78, 5) is 4.85. The summed E-state index contributed by atoms with van der Waals surface area (Å²) in [6, 6.07) is 6.07. The van der Waals surface area contributed by atoms with Gasteiger partial charge in [0.1, 0.15) is 12.4 Å². The first-order chi connectivity index (χ1) is 6.83. The van der Waals surface area contributed by atoms with E-state index in [1.807, 2.05) is 0 Å². The molecular formula is C9H11FN2O2. The maximum atomic E-state index is 12.7. The molecule has 76 valence electrons. The molecule has 2 N–H and O–H groups in total. The number of nitrogens with one attached hydrogen (secondary N) is 1. The monoisotopic (exact) mass is 198 g/mol. The van der Waals surface area contributed by atoms with Gasteiger partial charge in [-0.05, 0) is 17.7 Å². The van der Waals surface area contributed by atoms with Gasteiger partial charge in [0.25, 0.3) is 0 Å². The molecule has 0 radical (unpaired) electrons. The fourth-order valence-corrected chi connectivity index (χ4v) is 0.858. The minimum absolute atomic E-state index is 0.156. The highest BCUT2D eigenvalue weighted by atomic mass is 19.1. The van der Waals surface area contributed by atoms with Gasteiger partial charge in [-0.1, -0.05) is 12.1 Å². The summed E-state index contributed by atoms with van der Waals surface area (Å²) < 4.78 is 12.7. The molecule has 1 rings (SSSR count). The molecule has 0 heterocycles. The highest BCUT2D eigenvalue weighted by Crippen LogP contribution is 2.03. The van der Waals surface area contributed by atoms with E-state index < -0.39 is 0 Å². The minimum atomic E-state index is -0.301. The summed E-state index contributed by atoms with van der Waals surface area (Å²) in [7, 11) is 0. The smallest absolute Gasteiger partial charge is 0.123 e. The second-order valence-corrected chi connectivity index (χ2v) is 2.50. The Kier molecular flexibility index (Phi) is 4.60. The normalized spacial score (nSPS) is 10.7. The zero-order valence-corrected chi connectivity index (χ0v) is 7.48. The lowest BCUT2D eigenvalue weighted by atomic mass is 10.2. The van der Waals surface area contributed by atoms with Gasteiger partial charge in [0, 0.05) is 0 Å². The quantitative estimate of drug-likeness (QED) is 0.418. The zero-order valence-electron chi connectivity index (χ0n) is 7.48. The molecule has 0 atom stereocenters. The first-order valence-electron chi connectivity index (χ1n) is 4.06. The molecule has 0 aromatic heterocycles. The number of benzene rings is 1. The molecule has 0 spiro atoms. The number of hydrogen-bond donors (Lipinski definition) is 2. The first kappa shape index (κ1) is 10.6. The fraction of sp³-hybridized carbons (Fsp3) is 0.222. The lowest BCUT2D eigenvalue weighted by molar-refractivity contribution is 0.0298. The van der Waals surface area contributed by atoms with Gasteiger partial charge in [0.05, 0.1) is 12.8 Å². The maximum absolute atomic E-state index is 12.7. The van der Waals surface area contributed by atoms with E-state index in [2.05, 4.69) is 10.7 Å². The van der Waals surface area contributed by atoms with Crippen LogP contribution < -0.4 is 5.59 Å². The van der Waals surface area contributed by atoms with Gasteiger partial charge >= 0.3 is 0 Å². The lowest BCUT2D eigenvalue weighted by Crippen LogP contribution is -2.07. The summed E-state index contributed by atoms with van der Waals surface area (Å²) in [5.41, 5.74) is 2.95. The Bertz CT molecular complexity index is 305. The predicted molar refractivity (Wildman–Crippen MR) is 49.9 cm³/mol. The third kappa shape index (κ3) is 3.97. The Hall–Kier alpha value is -1.46. The van der Waals surface area contributed by atoms with Gasteiger partial charge in [-0.3, -0.25) is 4.84 Å². The second-order valence-electron chi connectivity index (χ2n) is 2.50. The number of halogens is 1. The van der Waals surface area contributed by atoms with Gasteiger partial charge in [-0.2, -0.15) is 10.7 Å². The number of hydrogen-bond acceptors (Lipinski definition) is 4. The van der Waals surface area contributed by atoms with Crippen LogP contribution in [0.1, 0.15) is 5.56 Å². The molecule has 1 aromatic rings. The zero-order chi connectivity index (χ0) is 10.2. The topological polar surface area (TPSA) is 53.9 Å². The molecular weight excluding hydrogens is 187 g/mol. The molecule has 0 bridgehead atoms. The van der Waals surface area contributed by atoms with Crippen molar-refractivity contribution in [2.75, 3.05) is 6.61 Å². The maximum Gasteiger partial charge on any atom is 0.123 e. The number of aliphatic hydroxyl groups is 1. The molecule has 5 heteroatoms. The Labute approximate surface area is 81.0 Å². The van der Waals surface area contributed by atoms with Crippen LogP contribution in [-0.2, 0) is 11.4 Å². The number of rotatable bonds is 5. The molecule has 0 unspecified atom stereocenters. The van der Waals surface area contributed by atoms with Crippen LogP contribution in [0.2, 0.25) is 0 Å². The molecule has 0 amide bonds. The van der Waals surface area contributed by atoms with E-state index in [4.69, 9.17) is 9.94 Å². The summed E-state index contributed by atoms with van der Waals surface area (Å²) in [6.45, 7) is 0.0524. The van der Waals surface area contributed by atoms with Crippen LogP contribution in [0.3, 0.4) is 0 Å². The van der Waals surface area contributed by atoms with Crippen LogP contribution in [0.15, 0.2) is 29.4 Å². The summed E-state index contributed by atoms with van der Waals surface area (Å²) in [5, 5.41) is 11.8. The predicted octanol–water partition coefficient (Wildman–Crippen LogP) is 0.825. The highest BCUT2D eigenvalue weighted by molar-refractivity contribution is 5.57. The first-order valence-corrected chi connectivity index (χ1v) is 4.06. The summed E-state index contributed by atoms with van der Waals surface area (Å²) in [5.74, 6) is -0.301. The van der Waals surface area contributed by atoms with E-state index in [9.17, 15) is 4.39 Å². The van der Waals surface area contributed by atoms with Gasteiger partial charge in [-0.25, -0.2) is 4.39 Å². The fourth-order valence-electron chi connectivity index (χ4n) is 0.858. The highest BCUT2D eigenvalue weighted by Gasteiger charge is 1.94. The molecule has 0 aliphatic rings.